The molecule has 1 aromatic rings. The van der Waals surface area contributed by atoms with Gasteiger partial charge < -0.3 is 9.84 Å². The van der Waals surface area contributed by atoms with Gasteiger partial charge in [0.2, 0.25) is 0 Å². The van der Waals surface area contributed by atoms with Gasteiger partial charge >= 0.3 is 6.18 Å². The van der Waals surface area contributed by atoms with Crippen LogP contribution in [0.4, 0.5) is 13.2 Å². The molecular weight excluding hydrogens is 233 g/mol. The molecule has 1 aromatic carbocycles. The van der Waals surface area contributed by atoms with E-state index in [4.69, 9.17) is 4.74 Å². The van der Waals surface area contributed by atoms with Crippen LogP contribution in [0.2, 0.25) is 0 Å². The molecule has 2 nitrogen and oxygen atoms in total. The summed E-state index contributed by atoms with van der Waals surface area (Å²) < 4.78 is 40.9. The predicted molar refractivity (Wildman–Crippen MR) is 57.9 cm³/mol. The molecule has 0 spiro atoms. The lowest BCUT2D eigenvalue weighted by Gasteiger charge is -2.15. The first-order valence-electron chi connectivity index (χ1n) is 5.32. The quantitative estimate of drug-likeness (QED) is 0.864. The van der Waals surface area contributed by atoms with Crippen molar-refractivity contribution < 1.29 is 23.0 Å². The summed E-state index contributed by atoms with van der Waals surface area (Å²) >= 11 is 0. The first-order valence-corrected chi connectivity index (χ1v) is 5.32. The first-order chi connectivity index (χ1) is 7.94. The Kier molecular flexibility index (Phi) is 4.81. The molecule has 96 valence electrons. The molecule has 5 heteroatoms. The molecule has 0 bridgehead atoms. The third-order valence-corrected chi connectivity index (χ3v) is 2.44. The maximum Gasteiger partial charge on any atom is 0.389 e. The molecule has 1 unspecified atom stereocenters. The maximum absolute atomic E-state index is 11.9. The fourth-order valence-electron chi connectivity index (χ4n) is 1.59. The standard InChI is InChI=1S/C12H15F3O2/c1-17-11-7-3-2-5-9(11)10(16)6-4-8-12(13,14)15/h2-3,5,7,10,16H,4,6,8H2,1H3. The molecule has 0 fully saturated rings. The Morgan fingerprint density at radius 1 is 1.29 bits per heavy atom. The molecular formula is C12H15F3O2. The molecule has 1 atom stereocenters. The topological polar surface area (TPSA) is 29.5 Å². The van der Waals surface area contributed by atoms with Crippen molar-refractivity contribution in [2.75, 3.05) is 7.11 Å². The van der Waals surface area contributed by atoms with Crippen LogP contribution < -0.4 is 4.74 Å². The highest BCUT2D eigenvalue weighted by atomic mass is 19.4. The van der Waals surface area contributed by atoms with Crippen molar-refractivity contribution in [3.63, 3.8) is 0 Å². The van der Waals surface area contributed by atoms with Crippen LogP contribution in [-0.4, -0.2) is 18.4 Å². The summed E-state index contributed by atoms with van der Waals surface area (Å²) in [5.74, 6) is 0.493. The average Bonchev–Trinajstić information content (AvgIpc) is 2.27. The largest absolute Gasteiger partial charge is 0.496 e. The highest BCUT2D eigenvalue weighted by molar-refractivity contribution is 5.34. The Hall–Kier alpha value is -1.23. The minimum Gasteiger partial charge on any atom is -0.496 e. The second-order valence-electron chi connectivity index (χ2n) is 3.77. The molecule has 0 aromatic heterocycles. The number of ether oxygens (including phenoxy) is 1. The van der Waals surface area contributed by atoms with E-state index in [1.807, 2.05) is 0 Å². The van der Waals surface area contributed by atoms with Crippen LogP contribution in [0.5, 0.6) is 5.75 Å². The number of alkyl halides is 3. The number of hydrogen-bond acceptors (Lipinski definition) is 2. The summed E-state index contributed by atoms with van der Waals surface area (Å²) in [4.78, 5) is 0. The van der Waals surface area contributed by atoms with Gasteiger partial charge in [0.1, 0.15) is 5.75 Å². The van der Waals surface area contributed by atoms with Gasteiger partial charge in [0, 0.05) is 12.0 Å². The Morgan fingerprint density at radius 2 is 1.94 bits per heavy atom. The lowest BCUT2D eigenvalue weighted by atomic mass is 10.0. The number of benzene rings is 1. The smallest absolute Gasteiger partial charge is 0.389 e. The van der Waals surface area contributed by atoms with Gasteiger partial charge in [0.25, 0.3) is 0 Å². The molecule has 0 saturated heterocycles. The molecule has 1 N–H and O–H groups in total. The van der Waals surface area contributed by atoms with Crippen molar-refractivity contribution in [3.8, 4) is 5.75 Å². The van der Waals surface area contributed by atoms with E-state index in [1.165, 1.54) is 7.11 Å². The number of para-hydroxylation sites is 1. The number of aliphatic hydroxyl groups excluding tert-OH is 1. The van der Waals surface area contributed by atoms with Crippen molar-refractivity contribution in [1.82, 2.24) is 0 Å². The number of aliphatic hydroxyl groups is 1. The van der Waals surface area contributed by atoms with E-state index in [-0.39, 0.29) is 12.8 Å². The van der Waals surface area contributed by atoms with Gasteiger partial charge in [-0.2, -0.15) is 13.2 Å². The monoisotopic (exact) mass is 248 g/mol. The summed E-state index contributed by atoms with van der Waals surface area (Å²) in [6, 6.07) is 6.77. The normalized spacial score (nSPS) is 13.5. The Balaban J connectivity index is 2.55. The predicted octanol–water partition coefficient (Wildman–Crippen LogP) is 3.46. The highest BCUT2D eigenvalue weighted by Crippen LogP contribution is 2.30. The fraction of sp³-hybridized carbons (Fsp3) is 0.500. The molecule has 17 heavy (non-hydrogen) atoms. The van der Waals surface area contributed by atoms with Crippen molar-refractivity contribution in [3.05, 3.63) is 29.8 Å². The molecule has 0 saturated carbocycles. The zero-order chi connectivity index (χ0) is 12.9. The zero-order valence-corrected chi connectivity index (χ0v) is 9.50. The van der Waals surface area contributed by atoms with Crippen LogP contribution in [0.15, 0.2) is 24.3 Å². The van der Waals surface area contributed by atoms with E-state index in [9.17, 15) is 18.3 Å². The van der Waals surface area contributed by atoms with Gasteiger partial charge in [-0.1, -0.05) is 18.2 Å². The van der Waals surface area contributed by atoms with Gasteiger partial charge in [0.05, 0.1) is 13.2 Å². The Labute approximate surface area is 98.0 Å². The molecule has 0 aliphatic carbocycles. The summed E-state index contributed by atoms with van der Waals surface area (Å²) in [7, 11) is 1.46. The van der Waals surface area contributed by atoms with Crippen LogP contribution in [-0.2, 0) is 0 Å². The van der Waals surface area contributed by atoms with Crippen LogP contribution in [0, 0.1) is 0 Å². The summed E-state index contributed by atoms with van der Waals surface area (Å²) in [5.41, 5.74) is 0.525. The van der Waals surface area contributed by atoms with Gasteiger partial charge in [-0.25, -0.2) is 0 Å². The van der Waals surface area contributed by atoms with Crippen LogP contribution >= 0.6 is 0 Å². The van der Waals surface area contributed by atoms with E-state index in [1.54, 1.807) is 24.3 Å². The van der Waals surface area contributed by atoms with Crippen LogP contribution in [0.3, 0.4) is 0 Å². The first kappa shape index (κ1) is 13.8. The van der Waals surface area contributed by atoms with Crippen molar-refractivity contribution >= 4 is 0 Å². The van der Waals surface area contributed by atoms with Gasteiger partial charge in [0.15, 0.2) is 0 Å². The van der Waals surface area contributed by atoms with E-state index >= 15 is 0 Å². The number of methoxy groups -OCH3 is 1. The van der Waals surface area contributed by atoms with E-state index in [2.05, 4.69) is 0 Å². The van der Waals surface area contributed by atoms with Crippen molar-refractivity contribution in [1.29, 1.82) is 0 Å². The molecule has 0 heterocycles. The molecule has 0 amide bonds. The van der Waals surface area contributed by atoms with Crippen molar-refractivity contribution in [2.45, 2.75) is 31.5 Å². The summed E-state index contributed by atoms with van der Waals surface area (Å²) in [6.45, 7) is 0. The Bertz CT molecular complexity index is 350. The average molecular weight is 248 g/mol. The van der Waals surface area contributed by atoms with Gasteiger partial charge in [-0.15, -0.1) is 0 Å². The summed E-state index contributed by atoms with van der Waals surface area (Å²) in [6.07, 6.45) is -5.99. The van der Waals surface area contributed by atoms with Crippen LogP contribution in [0.1, 0.15) is 30.9 Å². The number of halogens is 3. The SMILES string of the molecule is COc1ccccc1C(O)CCCC(F)(F)F. The zero-order valence-electron chi connectivity index (χ0n) is 9.50. The Morgan fingerprint density at radius 3 is 2.53 bits per heavy atom. The second kappa shape index (κ2) is 5.91. The highest BCUT2D eigenvalue weighted by Gasteiger charge is 2.26. The summed E-state index contributed by atoms with van der Waals surface area (Å²) in [5, 5.41) is 9.78. The minimum absolute atomic E-state index is 0.0693. The second-order valence-corrected chi connectivity index (χ2v) is 3.77. The molecule has 0 radical (unpaired) electrons. The molecule has 0 aliphatic heterocycles. The molecule has 1 rings (SSSR count). The van der Waals surface area contributed by atoms with Crippen molar-refractivity contribution in [2.24, 2.45) is 0 Å². The van der Waals surface area contributed by atoms with Gasteiger partial charge in [-0.3, -0.25) is 0 Å². The lowest BCUT2D eigenvalue weighted by molar-refractivity contribution is -0.136. The minimum atomic E-state index is -4.17. The van der Waals surface area contributed by atoms with E-state index in [0.29, 0.717) is 11.3 Å². The van der Waals surface area contributed by atoms with Crippen LogP contribution in [0.25, 0.3) is 0 Å². The maximum atomic E-state index is 11.9. The number of hydrogen-bond donors (Lipinski definition) is 1. The van der Waals surface area contributed by atoms with E-state index in [0.717, 1.165) is 0 Å². The third-order valence-electron chi connectivity index (χ3n) is 2.44. The van der Waals surface area contributed by atoms with E-state index < -0.39 is 18.7 Å². The third kappa shape index (κ3) is 4.65. The van der Waals surface area contributed by atoms with Gasteiger partial charge in [-0.05, 0) is 18.9 Å². The fourth-order valence-corrected chi connectivity index (χ4v) is 1.59. The lowest BCUT2D eigenvalue weighted by Crippen LogP contribution is -2.08. The number of rotatable bonds is 5. The molecule has 0 aliphatic rings.